The molecule has 1 aromatic heterocycles. The lowest BCUT2D eigenvalue weighted by Crippen LogP contribution is -2.11. The van der Waals surface area contributed by atoms with Gasteiger partial charge in [0.2, 0.25) is 5.91 Å². The molecule has 0 aliphatic heterocycles. The van der Waals surface area contributed by atoms with Crippen LogP contribution in [0.15, 0.2) is 48.5 Å². The van der Waals surface area contributed by atoms with Crippen LogP contribution in [0.2, 0.25) is 0 Å². The molecular weight excluding hydrogens is 355 g/mol. The number of amides is 1. The number of carbonyl (C=O) groups excluding carboxylic acids is 1. The molecule has 27 heavy (non-hydrogen) atoms. The van der Waals surface area contributed by atoms with E-state index in [1.54, 1.807) is 30.7 Å². The molecule has 0 aliphatic rings. The fourth-order valence-corrected chi connectivity index (χ4v) is 2.67. The number of halogens is 3. The second-order valence-corrected chi connectivity index (χ2v) is 5.89. The molecule has 0 radical (unpaired) electrons. The van der Waals surface area contributed by atoms with Gasteiger partial charge in [0.25, 0.3) is 0 Å². The number of carbonyl (C=O) groups is 1. The summed E-state index contributed by atoms with van der Waals surface area (Å²) in [7, 11) is 0. The average Bonchev–Trinajstić information content (AvgIpc) is 2.91. The topological polar surface area (TPSA) is 46.9 Å². The summed E-state index contributed by atoms with van der Waals surface area (Å²) in [5.74, 6) is -2.73. The third-order valence-electron chi connectivity index (χ3n) is 4.03. The summed E-state index contributed by atoms with van der Waals surface area (Å²) < 4.78 is 41.9. The Hall–Kier alpha value is -3.35. The maximum atomic E-state index is 13.6. The Morgan fingerprint density at radius 3 is 2.30 bits per heavy atom. The zero-order valence-corrected chi connectivity index (χ0v) is 14.6. The molecule has 1 amide bonds. The van der Waals surface area contributed by atoms with Crippen LogP contribution in [0.4, 0.5) is 18.9 Å². The van der Waals surface area contributed by atoms with Gasteiger partial charge < -0.3 is 5.32 Å². The summed E-state index contributed by atoms with van der Waals surface area (Å²) >= 11 is 0. The molecular formula is C20H16F3N3O. The van der Waals surface area contributed by atoms with E-state index in [0.29, 0.717) is 16.9 Å². The number of rotatable bonds is 4. The van der Waals surface area contributed by atoms with Crippen LogP contribution in [-0.2, 0) is 4.79 Å². The molecule has 0 atom stereocenters. The third kappa shape index (κ3) is 3.92. The number of aromatic nitrogens is 2. The second-order valence-electron chi connectivity index (χ2n) is 5.89. The molecule has 0 spiro atoms. The molecule has 0 fully saturated rings. The molecule has 4 nitrogen and oxygen atoms in total. The SMILES string of the molecule is Cc1nn(-c2ccc(F)cc2)c(C)c1/C=C/C(=O)Nc1c(F)cccc1F. The van der Waals surface area contributed by atoms with Crippen LogP contribution in [0.25, 0.3) is 11.8 Å². The summed E-state index contributed by atoms with van der Waals surface area (Å²) in [6.07, 6.45) is 2.70. The maximum Gasteiger partial charge on any atom is 0.248 e. The lowest BCUT2D eigenvalue weighted by Gasteiger charge is -2.05. The van der Waals surface area contributed by atoms with Gasteiger partial charge in [-0.25, -0.2) is 17.9 Å². The van der Waals surface area contributed by atoms with Gasteiger partial charge in [-0.15, -0.1) is 0 Å². The van der Waals surface area contributed by atoms with Gasteiger partial charge in [-0.3, -0.25) is 4.79 Å². The molecule has 1 heterocycles. The van der Waals surface area contributed by atoms with Crippen LogP contribution in [0, 0.1) is 31.3 Å². The van der Waals surface area contributed by atoms with Gasteiger partial charge in [0.15, 0.2) is 0 Å². The molecule has 0 unspecified atom stereocenters. The minimum Gasteiger partial charge on any atom is -0.318 e. The fraction of sp³-hybridized carbons (Fsp3) is 0.100. The normalized spacial score (nSPS) is 11.1. The standard InChI is InChI=1S/C20H16F3N3O/c1-12-16(13(2)26(25-12)15-8-6-14(21)7-9-15)10-11-19(27)24-20-17(22)4-3-5-18(20)23/h3-11H,1-2H3,(H,24,27)/b11-10+. The highest BCUT2D eigenvalue weighted by Crippen LogP contribution is 2.21. The number of aryl methyl sites for hydroxylation is 1. The first-order valence-electron chi connectivity index (χ1n) is 8.12. The highest BCUT2D eigenvalue weighted by molar-refractivity contribution is 6.02. The largest absolute Gasteiger partial charge is 0.318 e. The van der Waals surface area contributed by atoms with E-state index in [-0.39, 0.29) is 5.82 Å². The first-order valence-corrected chi connectivity index (χ1v) is 8.12. The van der Waals surface area contributed by atoms with E-state index in [2.05, 4.69) is 10.4 Å². The third-order valence-corrected chi connectivity index (χ3v) is 4.03. The van der Waals surface area contributed by atoms with Crippen LogP contribution < -0.4 is 5.32 Å². The Labute approximate surface area is 153 Å². The Bertz CT molecular complexity index is 1000. The smallest absolute Gasteiger partial charge is 0.248 e. The van der Waals surface area contributed by atoms with Crippen molar-refractivity contribution in [2.24, 2.45) is 0 Å². The zero-order valence-electron chi connectivity index (χ0n) is 14.6. The van der Waals surface area contributed by atoms with Crippen LogP contribution in [0.3, 0.4) is 0 Å². The lowest BCUT2D eigenvalue weighted by molar-refractivity contribution is -0.111. The van der Waals surface area contributed by atoms with E-state index < -0.39 is 23.2 Å². The summed E-state index contributed by atoms with van der Waals surface area (Å²) in [6, 6.07) is 9.18. The average molecular weight is 371 g/mol. The van der Waals surface area contributed by atoms with Crippen molar-refractivity contribution >= 4 is 17.7 Å². The maximum absolute atomic E-state index is 13.6. The minimum atomic E-state index is -0.853. The van der Waals surface area contributed by atoms with Crippen LogP contribution >= 0.6 is 0 Å². The van der Waals surface area contributed by atoms with Crippen molar-refractivity contribution in [3.8, 4) is 5.69 Å². The number of para-hydroxylation sites is 1. The number of nitrogens with one attached hydrogen (secondary N) is 1. The van der Waals surface area contributed by atoms with E-state index >= 15 is 0 Å². The molecule has 2 aromatic carbocycles. The van der Waals surface area contributed by atoms with Crippen molar-refractivity contribution in [2.75, 3.05) is 5.32 Å². The zero-order chi connectivity index (χ0) is 19.6. The Morgan fingerprint density at radius 1 is 1.04 bits per heavy atom. The Morgan fingerprint density at radius 2 is 1.67 bits per heavy atom. The molecule has 0 saturated heterocycles. The summed E-state index contributed by atoms with van der Waals surface area (Å²) in [5.41, 5.74) is 2.25. The van der Waals surface area contributed by atoms with Crippen molar-refractivity contribution in [1.82, 2.24) is 9.78 Å². The van der Waals surface area contributed by atoms with Gasteiger partial charge in [0, 0.05) is 17.3 Å². The highest BCUT2D eigenvalue weighted by Gasteiger charge is 2.13. The second kappa shape index (κ2) is 7.49. The monoisotopic (exact) mass is 371 g/mol. The molecule has 7 heteroatoms. The Balaban J connectivity index is 1.83. The molecule has 138 valence electrons. The minimum absolute atomic E-state index is 0.350. The number of hydrogen-bond acceptors (Lipinski definition) is 2. The van der Waals surface area contributed by atoms with E-state index in [1.807, 2.05) is 0 Å². The first-order chi connectivity index (χ1) is 12.9. The van der Waals surface area contributed by atoms with Crippen molar-refractivity contribution in [3.05, 3.63) is 82.9 Å². The van der Waals surface area contributed by atoms with Gasteiger partial charge in [0.1, 0.15) is 23.1 Å². The molecule has 1 N–H and O–H groups in total. The first kappa shape index (κ1) is 18.4. The van der Waals surface area contributed by atoms with Crippen LogP contribution in [0.5, 0.6) is 0 Å². The summed E-state index contributed by atoms with van der Waals surface area (Å²) in [5, 5.41) is 6.58. The molecule has 0 aliphatic carbocycles. The van der Waals surface area contributed by atoms with E-state index in [9.17, 15) is 18.0 Å². The van der Waals surface area contributed by atoms with Crippen molar-refractivity contribution in [3.63, 3.8) is 0 Å². The van der Waals surface area contributed by atoms with E-state index in [4.69, 9.17) is 0 Å². The number of anilines is 1. The van der Waals surface area contributed by atoms with E-state index in [1.165, 1.54) is 30.4 Å². The van der Waals surface area contributed by atoms with Gasteiger partial charge in [-0.2, -0.15) is 5.10 Å². The van der Waals surface area contributed by atoms with Crippen LogP contribution in [-0.4, -0.2) is 15.7 Å². The number of nitrogens with zero attached hydrogens (tertiary/aromatic N) is 2. The van der Waals surface area contributed by atoms with Crippen LogP contribution in [0.1, 0.15) is 17.0 Å². The number of benzene rings is 2. The fourth-order valence-electron chi connectivity index (χ4n) is 2.67. The van der Waals surface area contributed by atoms with Crippen molar-refractivity contribution in [1.29, 1.82) is 0 Å². The summed E-state index contributed by atoms with van der Waals surface area (Å²) in [6.45, 7) is 3.57. The quantitative estimate of drug-likeness (QED) is 0.684. The lowest BCUT2D eigenvalue weighted by atomic mass is 10.2. The van der Waals surface area contributed by atoms with Gasteiger partial charge in [-0.05, 0) is 56.3 Å². The van der Waals surface area contributed by atoms with Crippen molar-refractivity contribution < 1.29 is 18.0 Å². The van der Waals surface area contributed by atoms with Gasteiger partial charge >= 0.3 is 0 Å². The highest BCUT2D eigenvalue weighted by atomic mass is 19.1. The van der Waals surface area contributed by atoms with E-state index in [0.717, 1.165) is 17.8 Å². The molecule has 3 aromatic rings. The molecule has 3 rings (SSSR count). The van der Waals surface area contributed by atoms with Gasteiger partial charge in [-0.1, -0.05) is 6.07 Å². The van der Waals surface area contributed by atoms with Gasteiger partial charge in [0.05, 0.1) is 11.4 Å². The molecule has 0 bridgehead atoms. The number of hydrogen-bond donors (Lipinski definition) is 1. The predicted molar refractivity (Wildman–Crippen MR) is 97.0 cm³/mol. The Kier molecular flexibility index (Phi) is 5.12. The van der Waals surface area contributed by atoms with Crippen molar-refractivity contribution in [2.45, 2.75) is 13.8 Å². The summed E-state index contributed by atoms with van der Waals surface area (Å²) in [4.78, 5) is 12.0. The molecule has 0 saturated carbocycles. The predicted octanol–water partition coefficient (Wildman–Crippen LogP) is 4.56.